The lowest BCUT2D eigenvalue weighted by molar-refractivity contribution is -1.03. The highest BCUT2D eigenvalue weighted by molar-refractivity contribution is 7.87. The van der Waals surface area contributed by atoms with E-state index < -0.39 is 35.9 Å². The summed E-state index contributed by atoms with van der Waals surface area (Å²) >= 11 is -3.34. The first-order valence-electron chi connectivity index (χ1n) is 13.7. The first-order chi connectivity index (χ1) is 18.2. The Morgan fingerprint density at radius 1 is 0.658 bits per heavy atom. The number of halogens is 4. The molecule has 215 valence electrons. The fourth-order valence-corrected chi connectivity index (χ4v) is 10.4. The van der Waals surface area contributed by atoms with E-state index in [1.165, 1.54) is 77.0 Å². The van der Waals surface area contributed by atoms with E-state index in [-0.39, 0.29) is 0 Å². The Morgan fingerprint density at radius 2 is 1.11 bits per heavy atom. The second-order valence-electron chi connectivity index (χ2n) is 9.41. The van der Waals surface area contributed by atoms with Crippen molar-refractivity contribution in [3.8, 4) is 5.75 Å². The topological polar surface area (TPSA) is 52.6 Å². The van der Waals surface area contributed by atoms with Gasteiger partial charge in [-0.05, 0) is 45.3 Å². The molecule has 0 heterocycles. The van der Waals surface area contributed by atoms with Crippen LogP contribution in [0, 0.1) is 7.14 Å². The van der Waals surface area contributed by atoms with Gasteiger partial charge in [-0.2, -0.15) is 21.6 Å². The summed E-state index contributed by atoms with van der Waals surface area (Å²) in [4.78, 5) is 0. The Kier molecular flexibility index (Phi) is 15.7. The smallest absolute Gasteiger partial charge is 0.494 e. The van der Waals surface area contributed by atoms with Crippen LogP contribution >= 0.6 is 0 Å². The quantitative estimate of drug-likeness (QED) is 0.0988. The molecule has 0 atom stereocenters. The van der Waals surface area contributed by atoms with Gasteiger partial charge in [-0.3, -0.25) is 0 Å². The average molecular weight is 671 g/mol. The third-order valence-electron chi connectivity index (χ3n) is 6.14. The summed E-state index contributed by atoms with van der Waals surface area (Å²) < 4.78 is 73.8. The van der Waals surface area contributed by atoms with Crippen molar-refractivity contribution in [2.45, 2.75) is 102 Å². The van der Waals surface area contributed by atoms with E-state index in [0.717, 1.165) is 12.8 Å². The summed E-state index contributed by atoms with van der Waals surface area (Å²) in [6.07, 6.45) is 18.0. The van der Waals surface area contributed by atoms with Crippen molar-refractivity contribution >= 4 is 10.1 Å². The minimum Gasteiger partial charge on any atom is -0.494 e. The van der Waals surface area contributed by atoms with Gasteiger partial charge in [0, 0.05) is 0 Å². The number of alkyl halides is 3. The van der Waals surface area contributed by atoms with Crippen molar-refractivity contribution in [1.82, 2.24) is 0 Å². The predicted molar refractivity (Wildman–Crippen MR) is 142 cm³/mol. The van der Waals surface area contributed by atoms with Gasteiger partial charge < -0.3 is 4.74 Å². The number of benzene rings is 2. The highest BCUT2D eigenvalue weighted by Crippen LogP contribution is 2.22. The molecule has 0 N–H and O–H groups in total. The number of ether oxygens (including phenoxy) is 1. The van der Waals surface area contributed by atoms with Gasteiger partial charge in [-0.25, -0.2) is 0 Å². The largest absolute Gasteiger partial charge is 0.526 e. The van der Waals surface area contributed by atoms with E-state index in [4.69, 9.17) is 7.25 Å². The normalized spacial score (nSPS) is 12.2. The molecule has 0 unspecified atom stereocenters. The fraction of sp³-hybridized carbons (Fsp3) is 0.586. The number of unbranched alkanes of at least 4 members (excludes halogenated alkanes) is 13. The van der Waals surface area contributed by atoms with Crippen LogP contribution in [0.25, 0.3) is 0 Å². The Labute approximate surface area is 234 Å². The van der Waals surface area contributed by atoms with Crippen LogP contribution in [0.1, 0.15) is 96.8 Å². The van der Waals surface area contributed by atoms with Crippen LogP contribution in [0.5, 0.6) is 5.75 Å². The molecule has 0 bridgehead atoms. The first-order valence-corrected chi connectivity index (χ1v) is 18.2. The number of hydrogen-bond acceptors (Lipinski definition) is 4. The van der Waals surface area contributed by atoms with Crippen molar-refractivity contribution in [2.75, 3.05) is 6.61 Å². The van der Waals surface area contributed by atoms with E-state index in [9.17, 15) is 21.6 Å². The molecule has 2 rings (SSSR count). The molecular formula is C29H42F3IO4S+. The zero-order valence-electron chi connectivity index (χ0n) is 22.4. The van der Waals surface area contributed by atoms with Crippen molar-refractivity contribution in [3.63, 3.8) is 0 Å². The van der Waals surface area contributed by atoms with E-state index in [1.807, 2.05) is 0 Å². The molecular weight excluding hydrogens is 628 g/mol. The van der Waals surface area contributed by atoms with Crippen LogP contribution in [0.15, 0.2) is 54.6 Å². The molecule has 0 spiro atoms. The Hall–Kier alpha value is -1.33. The maximum absolute atomic E-state index is 13.0. The lowest BCUT2D eigenvalue weighted by Gasteiger charge is -2.09. The second kappa shape index (κ2) is 18.1. The van der Waals surface area contributed by atoms with E-state index in [1.54, 1.807) is 54.6 Å². The summed E-state index contributed by atoms with van der Waals surface area (Å²) in [5, 5.41) is 0. The van der Waals surface area contributed by atoms with E-state index in [0.29, 0.717) is 19.5 Å². The van der Waals surface area contributed by atoms with Gasteiger partial charge in [-0.15, -0.1) is 0 Å². The molecule has 9 heteroatoms. The van der Waals surface area contributed by atoms with Gasteiger partial charge in [-0.1, -0.05) is 109 Å². The second-order valence-corrected chi connectivity index (χ2v) is 15.9. The molecule has 4 nitrogen and oxygen atoms in total. The van der Waals surface area contributed by atoms with Gasteiger partial charge >= 0.3 is 35.9 Å². The molecule has 0 aromatic heterocycles. The van der Waals surface area contributed by atoms with Crippen LogP contribution in [-0.2, 0) is 12.6 Å². The average Bonchev–Trinajstić information content (AvgIpc) is 2.90. The fourth-order valence-electron chi connectivity index (χ4n) is 3.98. The van der Waals surface area contributed by atoms with Crippen molar-refractivity contribution < 1.29 is 49.1 Å². The molecule has 0 fully saturated rings. The number of hydrogen-bond donors (Lipinski definition) is 0. The van der Waals surface area contributed by atoms with Gasteiger partial charge in [0.15, 0.2) is 7.14 Å². The number of rotatable bonds is 20. The van der Waals surface area contributed by atoms with Gasteiger partial charge in [0.25, 0.3) is 0 Å². The molecule has 0 saturated carbocycles. The molecule has 0 aliphatic carbocycles. The van der Waals surface area contributed by atoms with E-state index >= 15 is 0 Å². The lowest BCUT2D eigenvalue weighted by atomic mass is 10.0. The Bertz CT molecular complexity index is 983. The standard InChI is InChI=1S/C29H42F3IO4S/c1-2-3-4-5-6-7-8-9-10-11-12-13-14-18-25-36-28-23-21-27(22-24-28)33(26-19-16-15-17-20-26)37-38(34,35)29(30,31)32/h15-17,19-24H,2-14,18,25H2,1H3/q+1. The maximum atomic E-state index is 13.0. The van der Waals surface area contributed by atoms with Crippen molar-refractivity contribution in [3.05, 3.63) is 61.7 Å². The van der Waals surface area contributed by atoms with Crippen molar-refractivity contribution in [1.29, 1.82) is 0 Å². The summed E-state index contributed by atoms with van der Waals surface area (Å²) in [7, 11) is -5.70. The highest BCUT2D eigenvalue weighted by Gasteiger charge is 2.54. The molecule has 0 saturated heterocycles. The zero-order chi connectivity index (χ0) is 27.7. The maximum Gasteiger partial charge on any atom is 0.526 e. The summed E-state index contributed by atoms with van der Waals surface area (Å²) in [5.74, 6) is 0.603. The Morgan fingerprint density at radius 3 is 1.58 bits per heavy atom. The predicted octanol–water partition coefficient (Wildman–Crippen LogP) is 5.99. The summed E-state index contributed by atoms with van der Waals surface area (Å²) in [5.41, 5.74) is -5.46. The van der Waals surface area contributed by atoms with Crippen LogP contribution in [0.2, 0.25) is 0 Å². The lowest BCUT2D eigenvalue weighted by Crippen LogP contribution is -3.85. The minimum atomic E-state index is -5.70. The molecule has 2 aromatic carbocycles. The molecule has 0 aliphatic rings. The monoisotopic (exact) mass is 670 g/mol. The molecule has 2 aromatic rings. The summed E-state index contributed by atoms with van der Waals surface area (Å²) in [6, 6.07) is 14.7. The molecule has 0 aliphatic heterocycles. The highest BCUT2D eigenvalue weighted by atomic mass is 127. The van der Waals surface area contributed by atoms with Crippen molar-refractivity contribution in [2.24, 2.45) is 0 Å². The SMILES string of the molecule is CCCCCCCCCCCCCCCCOc1ccc([I+](OS(=O)(=O)C(F)(F)F)c2ccccc2)cc1. The molecule has 0 amide bonds. The van der Waals surface area contributed by atoms with Gasteiger partial charge in [0.2, 0.25) is 0 Å². The van der Waals surface area contributed by atoms with Crippen LogP contribution in [0.4, 0.5) is 13.2 Å². The van der Waals surface area contributed by atoms with E-state index in [2.05, 4.69) is 6.92 Å². The molecule has 1 radical (unpaired) electrons. The third kappa shape index (κ3) is 12.7. The Balaban J connectivity index is 1.67. The molecule has 38 heavy (non-hydrogen) atoms. The van der Waals surface area contributed by atoms with Gasteiger partial charge in [0.1, 0.15) is 5.75 Å². The van der Waals surface area contributed by atoms with Gasteiger partial charge in [0.05, 0.1) is 6.61 Å². The summed E-state index contributed by atoms with van der Waals surface area (Å²) in [6.45, 7) is 2.82. The zero-order valence-corrected chi connectivity index (χ0v) is 25.3. The first kappa shape index (κ1) is 32.9. The van der Waals surface area contributed by atoms with Crippen LogP contribution in [-0.4, -0.2) is 20.5 Å². The minimum absolute atomic E-state index is 0.442. The van der Waals surface area contributed by atoms with Crippen LogP contribution in [0.3, 0.4) is 0 Å². The third-order valence-corrected chi connectivity index (χ3v) is 13.2. The van der Waals surface area contributed by atoms with Crippen LogP contribution < -0.4 is 25.0 Å².